The van der Waals surface area contributed by atoms with E-state index >= 15 is 0 Å². The maximum Gasteiger partial charge on any atom is 1.00 e. The molecule has 0 aromatic heterocycles. The van der Waals surface area contributed by atoms with Gasteiger partial charge in [-0.2, -0.15) is 0 Å². The minimum absolute atomic E-state index is 0. The van der Waals surface area contributed by atoms with Gasteiger partial charge in [0.25, 0.3) is 5.91 Å². The number of carboxylic acids is 1. The Bertz CT molecular complexity index is 496. The third-order valence-corrected chi connectivity index (χ3v) is 3.54. The Morgan fingerprint density at radius 3 is 2.45 bits per heavy atom. The molecule has 0 spiro atoms. The zero-order chi connectivity index (χ0) is 15.7. The van der Waals surface area contributed by atoms with E-state index in [1.165, 1.54) is 6.07 Å². The number of hydrogen-bond acceptors (Lipinski definition) is 4. The zero-order valence-corrected chi connectivity index (χ0v) is 16.3. The summed E-state index contributed by atoms with van der Waals surface area (Å²) in [5.74, 6) is -1.35. The van der Waals surface area contributed by atoms with Crippen LogP contribution in [0.15, 0.2) is 22.7 Å². The molecule has 2 N–H and O–H groups in total. The third kappa shape index (κ3) is 8.78. The predicted molar refractivity (Wildman–Crippen MR) is 80.8 cm³/mol. The minimum atomic E-state index is -1.00. The number of halogens is 1. The SMILES string of the molecule is O=C([O-])CCCCCCCNC(=O)c1cc(Br)ccc1O.[Na+]. The van der Waals surface area contributed by atoms with Gasteiger partial charge in [-0.3, -0.25) is 4.79 Å². The van der Waals surface area contributed by atoms with Crippen molar-refractivity contribution >= 4 is 27.8 Å². The van der Waals surface area contributed by atoms with Crippen molar-refractivity contribution in [3.05, 3.63) is 28.2 Å². The van der Waals surface area contributed by atoms with Crippen molar-refractivity contribution in [1.29, 1.82) is 0 Å². The van der Waals surface area contributed by atoms with E-state index in [0.29, 0.717) is 13.0 Å². The molecule has 0 atom stereocenters. The quantitative estimate of drug-likeness (QED) is 0.424. The van der Waals surface area contributed by atoms with Gasteiger partial charge in [-0.1, -0.05) is 35.2 Å². The predicted octanol–water partition coefficient (Wildman–Crippen LogP) is -1.02. The number of hydrogen-bond donors (Lipinski definition) is 2. The Morgan fingerprint density at radius 2 is 1.77 bits per heavy atom. The van der Waals surface area contributed by atoms with Gasteiger partial charge in [-0.05, 0) is 37.5 Å². The molecule has 0 aliphatic rings. The third-order valence-electron chi connectivity index (χ3n) is 3.05. The molecular formula is C15H19BrNNaO4. The van der Waals surface area contributed by atoms with Crippen LogP contribution in [0.4, 0.5) is 0 Å². The van der Waals surface area contributed by atoms with Crippen LogP contribution in [0.2, 0.25) is 0 Å². The Balaban J connectivity index is 0.00000441. The Kier molecular flexibility index (Phi) is 11.6. The zero-order valence-electron chi connectivity index (χ0n) is 12.7. The second kappa shape index (κ2) is 11.9. The summed E-state index contributed by atoms with van der Waals surface area (Å²) >= 11 is 3.25. The van der Waals surface area contributed by atoms with Gasteiger partial charge >= 0.3 is 29.6 Å². The molecule has 1 aromatic rings. The van der Waals surface area contributed by atoms with E-state index in [-0.39, 0.29) is 53.2 Å². The Labute approximate surface area is 160 Å². The number of unbranched alkanes of at least 4 members (excludes halogenated alkanes) is 4. The first-order valence-electron chi connectivity index (χ1n) is 6.97. The van der Waals surface area contributed by atoms with Crippen LogP contribution in [0.3, 0.4) is 0 Å². The summed E-state index contributed by atoms with van der Waals surface area (Å²) in [6.07, 6.45) is 4.29. The molecule has 0 heterocycles. The first kappa shape index (κ1) is 21.4. The summed E-state index contributed by atoms with van der Waals surface area (Å²) in [4.78, 5) is 22.1. The fourth-order valence-corrected chi connectivity index (χ4v) is 2.27. The molecule has 116 valence electrons. The molecule has 0 aliphatic heterocycles. The van der Waals surface area contributed by atoms with Gasteiger partial charge in [0.15, 0.2) is 0 Å². The largest absolute Gasteiger partial charge is 1.00 e. The van der Waals surface area contributed by atoms with Crippen molar-refractivity contribution in [1.82, 2.24) is 5.32 Å². The van der Waals surface area contributed by atoms with Gasteiger partial charge in [-0.15, -0.1) is 0 Å². The van der Waals surface area contributed by atoms with Gasteiger partial charge in [0.1, 0.15) is 5.75 Å². The topological polar surface area (TPSA) is 89.5 Å². The van der Waals surface area contributed by atoms with Crippen LogP contribution in [-0.4, -0.2) is 23.5 Å². The van der Waals surface area contributed by atoms with Gasteiger partial charge < -0.3 is 20.3 Å². The fraction of sp³-hybridized carbons (Fsp3) is 0.467. The molecule has 0 fully saturated rings. The summed E-state index contributed by atoms with van der Waals surface area (Å²) in [6, 6.07) is 4.71. The smallest absolute Gasteiger partial charge is 0.550 e. The standard InChI is InChI=1S/C15H20BrNO4.Na/c16-11-7-8-13(18)12(10-11)15(21)17-9-5-3-1-2-4-6-14(19)20;/h7-8,10,18H,1-6,9H2,(H,17,21)(H,19,20);/q;+1/p-1. The number of amides is 1. The number of carbonyl (C=O) groups excluding carboxylic acids is 2. The van der Waals surface area contributed by atoms with Crippen molar-refractivity contribution in [3.63, 3.8) is 0 Å². The average Bonchev–Trinajstić information content (AvgIpc) is 2.43. The normalized spacial score (nSPS) is 9.86. The van der Waals surface area contributed by atoms with Crippen molar-refractivity contribution < 1.29 is 49.4 Å². The van der Waals surface area contributed by atoms with E-state index in [9.17, 15) is 19.8 Å². The number of benzene rings is 1. The molecule has 0 saturated carbocycles. The fourth-order valence-electron chi connectivity index (χ4n) is 1.91. The number of carbonyl (C=O) groups is 2. The Morgan fingerprint density at radius 1 is 1.14 bits per heavy atom. The van der Waals surface area contributed by atoms with E-state index in [4.69, 9.17) is 0 Å². The van der Waals surface area contributed by atoms with Gasteiger partial charge in [0, 0.05) is 17.0 Å². The van der Waals surface area contributed by atoms with Crippen LogP contribution >= 0.6 is 15.9 Å². The molecule has 5 nitrogen and oxygen atoms in total. The molecule has 0 radical (unpaired) electrons. The number of aliphatic carboxylic acids is 1. The molecule has 0 saturated heterocycles. The van der Waals surface area contributed by atoms with Crippen molar-refractivity contribution in [3.8, 4) is 5.75 Å². The number of aromatic hydroxyl groups is 1. The molecule has 0 bridgehead atoms. The van der Waals surface area contributed by atoms with Crippen LogP contribution in [0.25, 0.3) is 0 Å². The van der Waals surface area contributed by atoms with E-state index in [2.05, 4.69) is 21.2 Å². The maximum absolute atomic E-state index is 11.9. The van der Waals surface area contributed by atoms with Gasteiger partial charge in [0.2, 0.25) is 0 Å². The summed E-state index contributed by atoms with van der Waals surface area (Å²) in [7, 11) is 0. The van der Waals surface area contributed by atoms with E-state index in [1.54, 1.807) is 12.1 Å². The van der Waals surface area contributed by atoms with E-state index < -0.39 is 5.97 Å². The van der Waals surface area contributed by atoms with Crippen molar-refractivity contribution in [2.24, 2.45) is 0 Å². The van der Waals surface area contributed by atoms with Gasteiger partial charge in [-0.25, -0.2) is 0 Å². The average molecular weight is 380 g/mol. The molecule has 1 amide bonds. The summed E-state index contributed by atoms with van der Waals surface area (Å²) in [6.45, 7) is 0.533. The van der Waals surface area contributed by atoms with Crippen molar-refractivity contribution in [2.75, 3.05) is 6.54 Å². The van der Waals surface area contributed by atoms with Crippen LogP contribution in [0, 0.1) is 0 Å². The first-order valence-corrected chi connectivity index (χ1v) is 7.76. The van der Waals surface area contributed by atoms with Gasteiger partial charge in [0.05, 0.1) is 5.56 Å². The summed E-state index contributed by atoms with van der Waals surface area (Å²) < 4.78 is 0.735. The maximum atomic E-state index is 11.9. The number of rotatable bonds is 9. The molecule has 1 aromatic carbocycles. The second-order valence-electron chi connectivity index (χ2n) is 4.81. The number of phenols is 1. The van der Waals surface area contributed by atoms with Crippen LogP contribution < -0.4 is 40.0 Å². The monoisotopic (exact) mass is 379 g/mol. The number of carboxylic acid groups (broad SMARTS) is 1. The summed E-state index contributed by atoms with van der Waals surface area (Å²) in [5.41, 5.74) is 0.248. The van der Waals surface area contributed by atoms with Crippen LogP contribution in [0.1, 0.15) is 48.9 Å². The second-order valence-corrected chi connectivity index (χ2v) is 5.72. The number of phenolic OH excluding ortho intramolecular Hbond substituents is 1. The Hall–Kier alpha value is -0.560. The van der Waals surface area contributed by atoms with Crippen LogP contribution in [0.5, 0.6) is 5.75 Å². The minimum Gasteiger partial charge on any atom is -0.550 e. The molecule has 0 aliphatic carbocycles. The number of nitrogens with one attached hydrogen (secondary N) is 1. The molecule has 1 rings (SSSR count). The van der Waals surface area contributed by atoms with E-state index in [1.807, 2.05) is 0 Å². The first-order chi connectivity index (χ1) is 10.0. The molecule has 22 heavy (non-hydrogen) atoms. The van der Waals surface area contributed by atoms with Crippen molar-refractivity contribution in [2.45, 2.75) is 38.5 Å². The van der Waals surface area contributed by atoms with Crippen LogP contribution in [-0.2, 0) is 4.79 Å². The molecular weight excluding hydrogens is 361 g/mol. The summed E-state index contributed by atoms with van der Waals surface area (Å²) in [5, 5.41) is 22.6. The molecule has 0 unspecified atom stereocenters. The van der Waals surface area contributed by atoms with E-state index in [0.717, 1.165) is 30.2 Å². The molecule has 7 heteroatoms.